The molecule has 6 rings (SSSR count). The Bertz CT molecular complexity index is 1470. The lowest BCUT2D eigenvalue weighted by molar-refractivity contribution is -0.130. The van der Waals surface area contributed by atoms with Gasteiger partial charge in [0.1, 0.15) is 18.2 Å². The highest BCUT2D eigenvalue weighted by molar-refractivity contribution is 5.95. The van der Waals surface area contributed by atoms with Crippen molar-refractivity contribution in [1.29, 1.82) is 0 Å². The van der Waals surface area contributed by atoms with Crippen LogP contribution in [0.25, 0.3) is 22.0 Å². The van der Waals surface area contributed by atoms with Gasteiger partial charge in [0.15, 0.2) is 5.82 Å². The fourth-order valence-electron chi connectivity index (χ4n) is 4.90. The van der Waals surface area contributed by atoms with E-state index in [1.54, 1.807) is 6.20 Å². The topological polar surface area (TPSA) is 128 Å². The number of nitrogens with two attached hydrogens (primary N) is 2. The van der Waals surface area contributed by atoms with Crippen molar-refractivity contribution in [2.24, 2.45) is 0 Å². The number of hydrogen-bond donors (Lipinski definition) is 3. The average Bonchev–Trinajstić information content (AvgIpc) is 3.48. The number of anilines is 4. The first-order valence-corrected chi connectivity index (χ1v) is 11.3. The Hall–Kier alpha value is -4.14. The van der Waals surface area contributed by atoms with E-state index in [0.29, 0.717) is 23.1 Å². The van der Waals surface area contributed by atoms with Crippen LogP contribution in [0.1, 0.15) is 24.1 Å². The second kappa shape index (κ2) is 7.18. The first-order chi connectivity index (χ1) is 16.3. The predicted octanol–water partition coefficient (Wildman–Crippen LogP) is 3.21. The predicted molar refractivity (Wildman–Crippen MR) is 133 cm³/mol. The third kappa shape index (κ3) is 3.23. The maximum atomic E-state index is 12.4. The molecule has 2 aliphatic rings. The SMILES string of the molecule is Cc1c(N)cccc1-c1cc2cc(Nc3cc4n(n3)CC(=O)N(C)CC43CC3)ncc2c(N)n1. The number of fused-ring (bicyclic) bond motifs is 3. The van der Waals surface area contributed by atoms with Gasteiger partial charge in [-0.2, -0.15) is 5.10 Å². The molecule has 0 bridgehead atoms. The van der Waals surface area contributed by atoms with Gasteiger partial charge in [-0.3, -0.25) is 9.48 Å². The number of nitrogen functional groups attached to an aromatic ring is 2. The molecule has 0 radical (unpaired) electrons. The summed E-state index contributed by atoms with van der Waals surface area (Å²) in [6, 6.07) is 11.8. The van der Waals surface area contributed by atoms with Gasteiger partial charge in [-0.15, -0.1) is 0 Å². The average molecular weight is 455 g/mol. The zero-order valence-electron chi connectivity index (χ0n) is 19.2. The van der Waals surface area contributed by atoms with Crippen LogP contribution in [0.15, 0.2) is 42.6 Å². The van der Waals surface area contributed by atoms with Crippen molar-refractivity contribution in [3.05, 3.63) is 53.9 Å². The molecule has 1 aromatic carbocycles. The van der Waals surface area contributed by atoms with Crippen molar-refractivity contribution >= 4 is 39.8 Å². The van der Waals surface area contributed by atoms with Gasteiger partial charge in [0.25, 0.3) is 0 Å². The lowest BCUT2D eigenvalue weighted by Gasteiger charge is -2.18. The highest BCUT2D eigenvalue weighted by Gasteiger charge is 2.50. The quantitative estimate of drug-likeness (QED) is 0.406. The molecule has 1 spiro atoms. The second-order valence-electron chi connectivity index (χ2n) is 9.43. The summed E-state index contributed by atoms with van der Waals surface area (Å²) in [5, 5.41) is 9.69. The molecule has 1 amide bonds. The molecular formula is C25H26N8O. The highest BCUT2D eigenvalue weighted by Crippen LogP contribution is 2.50. The first-order valence-electron chi connectivity index (χ1n) is 11.3. The molecule has 1 aliphatic carbocycles. The highest BCUT2D eigenvalue weighted by atomic mass is 16.2. The lowest BCUT2D eigenvalue weighted by Crippen LogP contribution is -2.32. The van der Waals surface area contributed by atoms with Gasteiger partial charge in [0.05, 0.1) is 5.69 Å². The van der Waals surface area contributed by atoms with Crippen LogP contribution in [0.4, 0.5) is 23.1 Å². The number of nitrogens with zero attached hydrogens (tertiary/aromatic N) is 5. The summed E-state index contributed by atoms with van der Waals surface area (Å²) in [7, 11) is 1.87. The van der Waals surface area contributed by atoms with Gasteiger partial charge >= 0.3 is 0 Å². The van der Waals surface area contributed by atoms with Crippen molar-refractivity contribution in [2.45, 2.75) is 31.7 Å². The van der Waals surface area contributed by atoms with E-state index in [1.165, 1.54) is 0 Å². The molecule has 0 atom stereocenters. The minimum absolute atomic E-state index is 0.0229. The molecule has 5 N–H and O–H groups in total. The number of benzene rings is 1. The van der Waals surface area contributed by atoms with Crippen LogP contribution in [0.5, 0.6) is 0 Å². The third-order valence-corrected chi connectivity index (χ3v) is 7.08. The van der Waals surface area contributed by atoms with Crippen LogP contribution in [-0.4, -0.2) is 44.1 Å². The molecule has 1 saturated carbocycles. The molecule has 9 nitrogen and oxygen atoms in total. The van der Waals surface area contributed by atoms with Gasteiger partial charge in [0.2, 0.25) is 5.91 Å². The van der Waals surface area contributed by atoms with E-state index in [4.69, 9.17) is 11.5 Å². The number of nitrogens with one attached hydrogen (secondary N) is 1. The Morgan fingerprint density at radius 3 is 2.74 bits per heavy atom. The number of amides is 1. The zero-order chi connectivity index (χ0) is 23.6. The van der Waals surface area contributed by atoms with Gasteiger partial charge in [-0.05, 0) is 48.9 Å². The second-order valence-corrected chi connectivity index (χ2v) is 9.43. The van der Waals surface area contributed by atoms with Crippen LogP contribution in [-0.2, 0) is 16.8 Å². The molecule has 1 fully saturated rings. The Balaban J connectivity index is 1.36. The Kier molecular flexibility index (Phi) is 4.32. The van der Waals surface area contributed by atoms with Crippen LogP contribution < -0.4 is 16.8 Å². The molecule has 34 heavy (non-hydrogen) atoms. The molecule has 172 valence electrons. The molecular weight excluding hydrogens is 428 g/mol. The molecule has 4 heterocycles. The molecule has 0 saturated heterocycles. The minimum Gasteiger partial charge on any atom is -0.398 e. The minimum atomic E-state index is 0.0229. The van der Waals surface area contributed by atoms with Crippen molar-refractivity contribution in [3.8, 4) is 11.3 Å². The van der Waals surface area contributed by atoms with Crippen LogP contribution in [0.3, 0.4) is 0 Å². The number of pyridine rings is 2. The Morgan fingerprint density at radius 2 is 1.94 bits per heavy atom. The van der Waals surface area contributed by atoms with Crippen LogP contribution in [0.2, 0.25) is 0 Å². The number of carbonyl (C=O) groups excluding carboxylic acids is 1. The van der Waals surface area contributed by atoms with E-state index in [-0.39, 0.29) is 17.9 Å². The third-order valence-electron chi connectivity index (χ3n) is 7.08. The van der Waals surface area contributed by atoms with Gasteiger partial charge in [-0.1, -0.05) is 12.1 Å². The summed E-state index contributed by atoms with van der Waals surface area (Å²) < 4.78 is 1.84. The Morgan fingerprint density at radius 1 is 1.12 bits per heavy atom. The largest absolute Gasteiger partial charge is 0.398 e. The molecule has 1 aliphatic heterocycles. The van der Waals surface area contributed by atoms with E-state index in [2.05, 4.69) is 20.4 Å². The van der Waals surface area contributed by atoms with Crippen LogP contribution >= 0.6 is 0 Å². The van der Waals surface area contributed by atoms with Crippen molar-refractivity contribution in [2.75, 3.05) is 30.4 Å². The maximum absolute atomic E-state index is 12.4. The summed E-state index contributed by atoms with van der Waals surface area (Å²) in [6.45, 7) is 2.97. The Labute approximate surface area is 196 Å². The summed E-state index contributed by atoms with van der Waals surface area (Å²) in [5.41, 5.74) is 16.9. The number of hydrogen-bond acceptors (Lipinski definition) is 7. The number of aromatic nitrogens is 4. The maximum Gasteiger partial charge on any atom is 0.244 e. The van der Waals surface area contributed by atoms with Gasteiger partial charge in [-0.25, -0.2) is 9.97 Å². The number of carbonyl (C=O) groups is 1. The number of likely N-dealkylation sites (N-methyl/N-ethyl adjacent to an activating group) is 1. The van der Waals surface area contributed by atoms with E-state index in [1.807, 2.05) is 60.0 Å². The van der Waals surface area contributed by atoms with Crippen LogP contribution in [0, 0.1) is 6.92 Å². The summed E-state index contributed by atoms with van der Waals surface area (Å²) in [4.78, 5) is 23.4. The summed E-state index contributed by atoms with van der Waals surface area (Å²) >= 11 is 0. The smallest absolute Gasteiger partial charge is 0.244 e. The van der Waals surface area contributed by atoms with E-state index < -0.39 is 0 Å². The van der Waals surface area contributed by atoms with Crippen molar-refractivity contribution in [1.82, 2.24) is 24.6 Å². The fourth-order valence-corrected chi connectivity index (χ4v) is 4.90. The molecule has 9 heteroatoms. The van der Waals surface area contributed by atoms with Gasteiger partial charge in [0, 0.05) is 53.6 Å². The zero-order valence-corrected chi connectivity index (χ0v) is 19.2. The summed E-state index contributed by atoms with van der Waals surface area (Å²) in [6.07, 6.45) is 3.86. The molecule has 4 aromatic rings. The van der Waals surface area contributed by atoms with E-state index in [9.17, 15) is 4.79 Å². The van der Waals surface area contributed by atoms with Crippen molar-refractivity contribution in [3.63, 3.8) is 0 Å². The lowest BCUT2D eigenvalue weighted by atomic mass is 10.0. The van der Waals surface area contributed by atoms with E-state index >= 15 is 0 Å². The normalized spacial score (nSPS) is 16.5. The molecule has 0 unspecified atom stereocenters. The van der Waals surface area contributed by atoms with E-state index in [0.717, 1.165) is 52.7 Å². The monoisotopic (exact) mass is 454 g/mol. The molecule has 3 aromatic heterocycles. The fraction of sp³-hybridized carbons (Fsp3) is 0.280. The standard InChI is InChI=1S/C25H26N8O/c1-14-16(4-3-5-18(14)26)19-8-15-9-21(28-11-17(15)24(27)29-19)30-22-10-20-25(6-7-25)13-32(2)23(34)12-33(20)31-22/h3-5,8-11H,6-7,12-13,26H2,1-2H3,(H2,27,29)(H,28,30,31). The summed E-state index contributed by atoms with van der Waals surface area (Å²) in [5.74, 6) is 1.82. The number of rotatable bonds is 3. The van der Waals surface area contributed by atoms with Crippen molar-refractivity contribution < 1.29 is 4.79 Å². The van der Waals surface area contributed by atoms with Gasteiger partial charge < -0.3 is 21.7 Å². The first kappa shape index (κ1) is 20.5.